The molecule has 0 saturated heterocycles. The minimum Gasteiger partial charge on any atom is -0.494 e. The largest absolute Gasteiger partial charge is 0.494 e. The Hall–Kier alpha value is -3.33. The lowest BCUT2D eigenvalue weighted by Gasteiger charge is -2.09. The maximum atomic E-state index is 12.4. The number of anilines is 2. The van der Waals surface area contributed by atoms with Crippen LogP contribution in [0.3, 0.4) is 0 Å². The number of nitrogens with one attached hydrogen (secondary N) is 2. The minimum absolute atomic E-state index is 0.0767. The lowest BCUT2D eigenvalue weighted by Crippen LogP contribution is -2.17. The molecule has 0 aliphatic rings. The molecule has 9 heteroatoms. The summed E-state index contributed by atoms with van der Waals surface area (Å²) in [6.07, 6.45) is 0.919. The van der Waals surface area contributed by atoms with Crippen LogP contribution in [0.15, 0.2) is 53.7 Å². The van der Waals surface area contributed by atoms with E-state index in [-0.39, 0.29) is 24.0 Å². The second kappa shape index (κ2) is 11.3. The van der Waals surface area contributed by atoms with Crippen molar-refractivity contribution >= 4 is 35.0 Å². The number of rotatable bonds is 10. The first-order valence-electron chi connectivity index (χ1n) is 10.4. The first-order valence-corrected chi connectivity index (χ1v) is 11.4. The van der Waals surface area contributed by atoms with Crippen molar-refractivity contribution in [2.45, 2.75) is 31.8 Å². The van der Waals surface area contributed by atoms with E-state index in [1.807, 2.05) is 38.1 Å². The van der Waals surface area contributed by atoms with E-state index in [1.54, 1.807) is 35.9 Å². The van der Waals surface area contributed by atoms with Gasteiger partial charge in [0.1, 0.15) is 11.6 Å². The summed E-state index contributed by atoms with van der Waals surface area (Å²) in [4.78, 5) is 24.7. The zero-order chi connectivity index (χ0) is 22.9. The van der Waals surface area contributed by atoms with E-state index in [4.69, 9.17) is 4.74 Å². The molecular formula is C23H27N5O3S. The van der Waals surface area contributed by atoms with Crippen LogP contribution in [-0.4, -0.2) is 38.9 Å². The number of thioether (sulfide) groups is 1. The van der Waals surface area contributed by atoms with Crippen LogP contribution in [-0.2, 0) is 29.5 Å². The molecule has 1 heterocycles. The summed E-state index contributed by atoms with van der Waals surface area (Å²) in [7, 11) is 1.78. The maximum Gasteiger partial charge on any atom is 0.234 e. The van der Waals surface area contributed by atoms with Gasteiger partial charge in [-0.2, -0.15) is 0 Å². The van der Waals surface area contributed by atoms with Crippen LogP contribution < -0.4 is 15.4 Å². The smallest absolute Gasteiger partial charge is 0.234 e. The SMILES string of the molecule is CCOc1ccc(NC(=O)Cc2nnc(SCC(=O)Nc3ccccc3CC)n2C)cc1. The molecule has 0 aliphatic carbocycles. The van der Waals surface area contributed by atoms with E-state index in [2.05, 4.69) is 20.8 Å². The summed E-state index contributed by atoms with van der Waals surface area (Å²) in [5.41, 5.74) is 2.59. The van der Waals surface area contributed by atoms with Crippen LogP contribution in [0, 0.1) is 0 Å². The van der Waals surface area contributed by atoms with E-state index in [9.17, 15) is 9.59 Å². The highest BCUT2D eigenvalue weighted by Crippen LogP contribution is 2.20. The number of hydrogen-bond donors (Lipinski definition) is 2. The number of aromatic nitrogens is 3. The third-order valence-electron chi connectivity index (χ3n) is 4.70. The third kappa shape index (κ3) is 6.34. The lowest BCUT2D eigenvalue weighted by molar-refractivity contribution is -0.116. The average Bonchev–Trinajstić information content (AvgIpc) is 3.13. The molecule has 168 valence electrons. The number of carbonyl (C=O) groups is 2. The topological polar surface area (TPSA) is 98.1 Å². The van der Waals surface area contributed by atoms with Crippen molar-refractivity contribution in [1.29, 1.82) is 0 Å². The molecule has 0 aliphatic heterocycles. The van der Waals surface area contributed by atoms with Gasteiger partial charge in [-0.3, -0.25) is 9.59 Å². The van der Waals surface area contributed by atoms with Gasteiger partial charge in [0.15, 0.2) is 5.16 Å². The summed E-state index contributed by atoms with van der Waals surface area (Å²) in [6.45, 7) is 4.56. The monoisotopic (exact) mass is 453 g/mol. The molecule has 0 unspecified atom stereocenters. The Morgan fingerprint density at radius 2 is 1.75 bits per heavy atom. The van der Waals surface area contributed by atoms with Gasteiger partial charge in [0, 0.05) is 18.4 Å². The lowest BCUT2D eigenvalue weighted by atomic mass is 10.1. The van der Waals surface area contributed by atoms with E-state index < -0.39 is 0 Å². The summed E-state index contributed by atoms with van der Waals surface area (Å²) in [5.74, 6) is 1.15. The number of carbonyl (C=O) groups excluding carboxylic acids is 2. The van der Waals surface area contributed by atoms with Crippen LogP contribution in [0.5, 0.6) is 5.75 Å². The van der Waals surface area contributed by atoms with Gasteiger partial charge in [0.05, 0.1) is 18.8 Å². The number of ether oxygens (including phenoxy) is 1. The van der Waals surface area contributed by atoms with Crippen molar-refractivity contribution in [3.8, 4) is 5.75 Å². The molecule has 0 atom stereocenters. The highest BCUT2D eigenvalue weighted by Gasteiger charge is 2.15. The standard InChI is InChI=1S/C23H27N5O3S/c1-4-16-8-6-7-9-19(16)25-22(30)15-32-23-27-26-20(28(23)3)14-21(29)24-17-10-12-18(13-11-17)31-5-2/h6-13H,4-5,14-15H2,1-3H3,(H,24,29)(H,25,30). The Bertz CT molecular complexity index is 1070. The van der Waals surface area contributed by atoms with Gasteiger partial charge in [-0.1, -0.05) is 36.9 Å². The van der Waals surface area contributed by atoms with Crippen LogP contribution in [0.1, 0.15) is 25.2 Å². The number of amides is 2. The van der Waals surface area contributed by atoms with Crippen LogP contribution in [0.25, 0.3) is 0 Å². The van der Waals surface area contributed by atoms with Crippen molar-refractivity contribution in [3.05, 3.63) is 59.9 Å². The Labute approximate surface area is 191 Å². The van der Waals surface area contributed by atoms with E-state index in [0.29, 0.717) is 23.3 Å². The maximum absolute atomic E-state index is 12.4. The Morgan fingerprint density at radius 3 is 2.47 bits per heavy atom. The number of para-hydroxylation sites is 1. The van der Waals surface area contributed by atoms with Gasteiger partial charge < -0.3 is 19.9 Å². The zero-order valence-corrected chi connectivity index (χ0v) is 19.2. The van der Waals surface area contributed by atoms with Crippen LogP contribution in [0.2, 0.25) is 0 Å². The molecule has 3 aromatic rings. The molecule has 0 saturated carbocycles. The van der Waals surface area contributed by atoms with Gasteiger partial charge in [-0.05, 0) is 49.2 Å². The molecule has 2 amide bonds. The molecule has 0 radical (unpaired) electrons. The van der Waals surface area contributed by atoms with Crippen molar-refractivity contribution in [3.63, 3.8) is 0 Å². The van der Waals surface area contributed by atoms with Gasteiger partial charge in [0.2, 0.25) is 11.8 Å². The van der Waals surface area contributed by atoms with Gasteiger partial charge in [0.25, 0.3) is 0 Å². The van der Waals surface area contributed by atoms with Crippen molar-refractivity contribution < 1.29 is 14.3 Å². The highest BCUT2D eigenvalue weighted by atomic mass is 32.2. The predicted octanol–water partition coefficient (Wildman–Crippen LogP) is 3.69. The molecule has 0 spiro atoms. The molecule has 32 heavy (non-hydrogen) atoms. The molecule has 1 aromatic heterocycles. The van der Waals surface area contributed by atoms with E-state index in [1.165, 1.54) is 11.8 Å². The molecule has 0 bridgehead atoms. The van der Waals surface area contributed by atoms with Gasteiger partial charge >= 0.3 is 0 Å². The minimum atomic E-state index is -0.199. The summed E-state index contributed by atoms with van der Waals surface area (Å²) in [5, 5.41) is 14.6. The second-order valence-electron chi connectivity index (χ2n) is 6.99. The second-order valence-corrected chi connectivity index (χ2v) is 7.93. The number of hydrogen-bond acceptors (Lipinski definition) is 6. The number of nitrogens with zero attached hydrogens (tertiary/aromatic N) is 3. The van der Waals surface area contributed by atoms with Crippen molar-refractivity contribution in [1.82, 2.24) is 14.8 Å². The molecule has 3 rings (SSSR count). The third-order valence-corrected chi connectivity index (χ3v) is 5.72. The fourth-order valence-electron chi connectivity index (χ4n) is 3.04. The fraction of sp³-hybridized carbons (Fsp3) is 0.304. The quantitative estimate of drug-likeness (QED) is 0.455. The Kier molecular flexibility index (Phi) is 8.27. The molecular weight excluding hydrogens is 426 g/mol. The molecule has 2 aromatic carbocycles. The molecule has 0 fully saturated rings. The van der Waals surface area contributed by atoms with Crippen molar-refractivity contribution in [2.75, 3.05) is 23.0 Å². The first kappa shape index (κ1) is 23.3. The fourth-order valence-corrected chi connectivity index (χ4v) is 3.77. The average molecular weight is 454 g/mol. The Morgan fingerprint density at radius 1 is 1.00 bits per heavy atom. The normalized spacial score (nSPS) is 10.6. The number of benzene rings is 2. The highest BCUT2D eigenvalue weighted by molar-refractivity contribution is 7.99. The molecule has 2 N–H and O–H groups in total. The van der Waals surface area contributed by atoms with Crippen molar-refractivity contribution in [2.24, 2.45) is 7.05 Å². The van der Waals surface area contributed by atoms with Crippen LogP contribution in [0.4, 0.5) is 11.4 Å². The summed E-state index contributed by atoms with van der Waals surface area (Å²) in [6, 6.07) is 14.9. The zero-order valence-electron chi connectivity index (χ0n) is 18.4. The predicted molar refractivity (Wildman–Crippen MR) is 126 cm³/mol. The Balaban J connectivity index is 1.52. The van der Waals surface area contributed by atoms with Gasteiger partial charge in [-0.25, -0.2) is 0 Å². The van der Waals surface area contributed by atoms with E-state index >= 15 is 0 Å². The number of aryl methyl sites for hydroxylation is 1. The van der Waals surface area contributed by atoms with E-state index in [0.717, 1.165) is 23.4 Å². The van der Waals surface area contributed by atoms with Crippen LogP contribution >= 0.6 is 11.8 Å². The summed E-state index contributed by atoms with van der Waals surface area (Å²) >= 11 is 1.28. The first-order chi connectivity index (χ1) is 15.5. The molecule has 8 nitrogen and oxygen atoms in total. The summed E-state index contributed by atoms with van der Waals surface area (Å²) < 4.78 is 7.13. The van der Waals surface area contributed by atoms with Gasteiger partial charge in [-0.15, -0.1) is 10.2 Å².